The van der Waals surface area contributed by atoms with Crippen molar-refractivity contribution in [3.8, 4) is 0 Å². The van der Waals surface area contributed by atoms with E-state index < -0.39 is 0 Å². The van der Waals surface area contributed by atoms with Crippen LogP contribution < -0.4 is 5.32 Å². The summed E-state index contributed by atoms with van der Waals surface area (Å²) in [6.45, 7) is 1.91. The summed E-state index contributed by atoms with van der Waals surface area (Å²) >= 11 is 0. The number of aryl methyl sites for hydroxylation is 1. The molecule has 0 radical (unpaired) electrons. The minimum atomic E-state index is -0.324. The molecule has 0 aliphatic carbocycles. The van der Waals surface area contributed by atoms with Crippen LogP contribution in [-0.2, 0) is 0 Å². The van der Waals surface area contributed by atoms with Crippen molar-refractivity contribution in [2.75, 3.05) is 5.32 Å². The van der Waals surface area contributed by atoms with Crippen molar-refractivity contribution in [3.63, 3.8) is 0 Å². The maximum atomic E-state index is 12.6. The van der Waals surface area contributed by atoms with Gasteiger partial charge in [-0.1, -0.05) is 36.4 Å². The second kappa shape index (κ2) is 6.27. The third-order valence-corrected chi connectivity index (χ3v) is 3.52. The van der Waals surface area contributed by atoms with Gasteiger partial charge in [-0.2, -0.15) is 0 Å². The van der Waals surface area contributed by atoms with Gasteiger partial charge in [-0.15, -0.1) is 0 Å². The SMILES string of the molecule is Cc1ccccc1NC(=O)c1ccccc1C(=O)c1ncc[nH]1. The first-order valence-electron chi connectivity index (χ1n) is 7.17. The summed E-state index contributed by atoms with van der Waals surface area (Å²) in [4.78, 5) is 31.8. The molecule has 3 rings (SSSR count). The number of benzene rings is 2. The number of anilines is 1. The number of rotatable bonds is 4. The first kappa shape index (κ1) is 14.7. The van der Waals surface area contributed by atoms with E-state index in [9.17, 15) is 9.59 Å². The molecular weight excluding hydrogens is 290 g/mol. The normalized spacial score (nSPS) is 10.3. The van der Waals surface area contributed by atoms with Crippen LogP contribution in [0.4, 0.5) is 5.69 Å². The average molecular weight is 305 g/mol. The number of carbonyl (C=O) groups is 2. The van der Waals surface area contributed by atoms with Gasteiger partial charge in [0.15, 0.2) is 5.82 Å². The number of nitrogens with zero attached hydrogens (tertiary/aromatic N) is 1. The zero-order valence-corrected chi connectivity index (χ0v) is 12.5. The van der Waals surface area contributed by atoms with Crippen molar-refractivity contribution in [1.82, 2.24) is 9.97 Å². The highest BCUT2D eigenvalue weighted by atomic mass is 16.2. The van der Waals surface area contributed by atoms with Gasteiger partial charge in [0, 0.05) is 23.6 Å². The van der Waals surface area contributed by atoms with Gasteiger partial charge >= 0.3 is 0 Å². The van der Waals surface area contributed by atoms with E-state index in [-0.39, 0.29) is 17.5 Å². The van der Waals surface area contributed by atoms with Gasteiger partial charge in [-0.3, -0.25) is 9.59 Å². The standard InChI is InChI=1S/C18H15N3O2/c1-12-6-2-5-9-15(12)21-18(23)14-8-4-3-7-13(14)16(22)17-19-10-11-20-17/h2-11H,1H3,(H,19,20)(H,21,23). The Hall–Kier alpha value is -3.21. The quantitative estimate of drug-likeness (QED) is 0.727. The van der Waals surface area contributed by atoms with E-state index in [1.807, 2.05) is 31.2 Å². The number of carbonyl (C=O) groups excluding carboxylic acids is 2. The van der Waals surface area contributed by atoms with E-state index in [2.05, 4.69) is 15.3 Å². The summed E-state index contributed by atoms with van der Waals surface area (Å²) in [6, 6.07) is 14.2. The van der Waals surface area contributed by atoms with Crippen molar-refractivity contribution in [2.45, 2.75) is 6.92 Å². The van der Waals surface area contributed by atoms with Crippen LogP contribution in [0.25, 0.3) is 0 Å². The smallest absolute Gasteiger partial charge is 0.256 e. The molecule has 23 heavy (non-hydrogen) atoms. The summed E-state index contributed by atoms with van der Waals surface area (Å²) in [5.41, 5.74) is 2.30. The third-order valence-electron chi connectivity index (χ3n) is 3.52. The second-order valence-electron chi connectivity index (χ2n) is 5.08. The molecule has 114 valence electrons. The molecule has 2 N–H and O–H groups in total. The molecule has 0 unspecified atom stereocenters. The number of H-pyrrole nitrogens is 1. The summed E-state index contributed by atoms with van der Waals surface area (Å²) in [5.74, 6) is -0.429. The molecule has 1 aromatic heterocycles. The third kappa shape index (κ3) is 3.03. The minimum absolute atomic E-state index is 0.209. The first-order chi connectivity index (χ1) is 11.2. The molecule has 1 heterocycles. The largest absolute Gasteiger partial charge is 0.342 e. The number of imidazole rings is 1. The topological polar surface area (TPSA) is 74.8 Å². The number of para-hydroxylation sites is 1. The van der Waals surface area contributed by atoms with Crippen LogP contribution in [0.3, 0.4) is 0 Å². The lowest BCUT2D eigenvalue weighted by atomic mass is 10.0. The maximum Gasteiger partial charge on any atom is 0.256 e. The van der Waals surface area contributed by atoms with Gasteiger partial charge in [0.05, 0.1) is 5.56 Å². The van der Waals surface area contributed by atoms with E-state index in [1.165, 1.54) is 6.20 Å². The monoisotopic (exact) mass is 305 g/mol. The summed E-state index contributed by atoms with van der Waals surface area (Å²) in [5, 5.41) is 2.85. The fourth-order valence-corrected chi connectivity index (χ4v) is 2.30. The highest BCUT2D eigenvalue weighted by Crippen LogP contribution is 2.18. The van der Waals surface area contributed by atoms with E-state index in [0.29, 0.717) is 11.1 Å². The molecule has 5 nitrogen and oxygen atoms in total. The molecule has 0 saturated carbocycles. The van der Waals surface area contributed by atoms with Crippen LogP contribution in [0.15, 0.2) is 60.9 Å². The minimum Gasteiger partial charge on any atom is -0.342 e. The van der Waals surface area contributed by atoms with Crippen molar-refractivity contribution in [1.29, 1.82) is 0 Å². The Balaban J connectivity index is 1.93. The number of hydrogen-bond acceptors (Lipinski definition) is 3. The number of hydrogen-bond donors (Lipinski definition) is 2. The van der Waals surface area contributed by atoms with Crippen LogP contribution in [-0.4, -0.2) is 21.7 Å². The highest BCUT2D eigenvalue weighted by molar-refractivity contribution is 6.16. The van der Waals surface area contributed by atoms with Gasteiger partial charge < -0.3 is 10.3 Å². The van der Waals surface area contributed by atoms with Gasteiger partial charge in [-0.05, 0) is 24.6 Å². The maximum absolute atomic E-state index is 12.6. The molecule has 0 bridgehead atoms. The van der Waals surface area contributed by atoms with Crippen molar-refractivity contribution in [3.05, 3.63) is 83.4 Å². The Bertz CT molecular complexity index is 854. The molecular formula is C18H15N3O2. The van der Waals surface area contributed by atoms with Crippen LogP contribution in [0.2, 0.25) is 0 Å². The first-order valence-corrected chi connectivity index (χ1v) is 7.17. The molecule has 0 atom stereocenters. The lowest BCUT2D eigenvalue weighted by Crippen LogP contribution is -2.17. The van der Waals surface area contributed by atoms with Crippen LogP contribution >= 0.6 is 0 Å². The van der Waals surface area contributed by atoms with E-state index in [4.69, 9.17) is 0 Å². The van der Waals surface area contributed by atoms with Crippen molar-refractivity contribution >= 4 is 17.4 Å². The number of nitrogens with one attached hydrogen (secondary N) is 2. The lowest BCUT2D eigenvalue weighted by Gasteiger charge is -2.10. The summed E-state index contributed by atoms with van der Waals surface area (Å²) < 4.78 is 0. The molecule has 0 aliphatic rings. The van der Waals surface area contributed by atoms with Crippen LogP contribution in [0.1, 0.15) is 32.1 Å². The van der Waals surface area contributed by atoms with Crippen molar-refractivity contribution < 1.29 is 9.59 Å². The average Bonchev–Trinajstić information content (AvgIpc) is 3.11. The second-order valence-corrected chi connectivity index (χ2v) is 5.08. The summed E-state index contributed by atoms with van der Waals surface area (Å²) in [7, 11) is 0. The predicted molar refractivity (Wildman–Crippen MR) is 87.6 cm³/mol. The van der Waals surface area contributed by atoms with Gasteiger partial charge in [0.2, 0.25) is 5.78 Å². The fraction of sp³-hybridized carbons (Fsp3) is 0.0556. The molecule has 0 fully saturated rings. The van der Waals surface area contributed by atoms with Crippen molar-refractivity contribution in [2.24, 2.45) is 0 Å². The zero-order valence-electron chi connectivity index (χ0n) is 12.5. The molecule has 3 aromatic rings. The zero-order chi connectivity index (χ0) is 16.2. The van der Waals surface area contributed by atoms with E-state index in [1.54, 1.807) is 30.5 Å². The van der Waals surface area contributed by atoms with Gasteiger partial charge in [0.1, 0.15) is 0 Å². The molecule has 2 aromatic carbocycles. The van der Waals surface area contributed by atoms with Crippen LogP contribution in [0.5, 0.6) is 0 Å². The number of aromatic nitrogens is 2. The molecule has 1 amide bonds. The lowest BCUT2D eigenvalue weighted by molar-refractivity contribution is 0.0992. The van der Waals surface area contributed by atoms with E-state index >= 15 is 0 Å². The molecule has 0 aliphatic heterocycles. The summed E-state index contributed by atoms with van der Waals surface area (Å²) in [6.07, 6.45) is 3.08. The Labute approximate surface area is 133 Å². The number of amides is 1. The Kier molecular flexibility index (Phi) is 4.01. The van der Waals surface area contributed by atoms with Gasteiger partial charge in [0.25, 0.3) is 5.91 Å². The highest BCUT2D eigenvalue weighted by Gasteiger charge is 2.19. The van der Waals surface area contributed by atoms with Crippen LogP contribution in [0, 0.1) is 6.92 Å². The van der Waals surface area contributed by atoms with Gasteiger partial charge in [-0.25, -0.2) is 4.98 Å². The molecule has 0 saturated heterocycles. The molecule has 5 heteroatoms. The number of ketones is 1. The fourth-order valence-electron chi connectivity index (χ4n) is 2.30. The number of aromatic amines is 1. The molecule has 0 spiro atoms. The van der Waals surface area contributed by atoms with E-state index in [0.717, 1.165) is 11.3 Å². The Morgan fingerprint density at radius 1 is 1.00 bits per heavy atom. The Morgan fingerprint density at radius 3 is 2.39 bits per heavy atom. The Morgan fingerprint density at radius 2 is 1.70 bits per heavy atom. The predicted octanol–water partition coefficient (Wildman–Crippen LogP) is 3.20.